The van der Waals surface area contributed by atoms with E-state index in [1.165, 1.54) is 6.08 Å². The van der Waals surface area contributed by atoms with Crippen LogP contribution in [-0.2, 0) is 26.5 Å². The highest BCUT2D eigenvalue weighted by atomic mass is 16.5. The lowest BCUT2D eigenvalue weighted by atomic mass is 9.80. The molecule has 0 radical (unpaired) electrons. The van der Waals surface area contributed by atoms with Gasteiger partial charge in [-0.05, 0) is 22.3 Å². The van der Waals surface area contributed by atoms with Gasteiger partial charge in [0, 0.05) is 12.3 Å². The minimum Gasteiger partial charge on any atom is -0.360 e. The maximum absolute atomic E-state index is 12.8. The van der Waals surface area contributed by atoms with Gasteiger partial charge < -0.3 is 9.47 Å². The summed E-state index contributed by atoms with van der Waals surface area (Å²) >= 11 is 0. The molecule has 0 bridgehead atoms. The molecule has 0 aliphatic carbocycles. The van der Waals surface area contributed by atoms with Gasteiger partial charge in [-0.3, -0.25) is 9.79 Å². The van der Waals surface area contributed by atoms with Gasteiger partial charge in [-0.15, -0.1) is 0 Å². The van der Waals surface area contributed by atoms with Crippen molar-refractivity contribution in [2.45, 2.75) is 18.3 Å². The van der Waals surface area contributed by atoms with Crippen LogP contribution in [0, 0.1) is 0 Å². The quantitative estimate of drug-likeness (QED) is 0.275. The van der Waals surface area contributed by atoms with Gasteiger partial charge in [-0.2, -0.15) is 0 Å². The number of hydrogen-bond donors (Lipinski definition) is 0. The molecular weight excluding hydrogens is 446 g/mol. The van der Waals surface area contributed by atoms with Crippen molar-refractivity contribution in [3.63, 3.8) is 0 Å². The summed E-state index contributed by atoms with van der Waals surface area (Å²) in [6, 6.07) is 40.2. The number of ketones is 1. The van der Waals surface area contributed by atoms with Gasteiger partial charge >= 0.3 is 0 Å². The molecule has 4 heteroatoms. The molecule has 4 aromatic carbocycles. The Balaban J connectivity index is 1.41. The van der Waals surface area contributed by atoms with Crippen molar-refractivity contribution >= 4 is 12.0 Å². The molecule has 4 nitrogen and oxygen atoms in total. The van der Waals surface area contributed by atoms with E-state index in [-0.39, 0.29) is 12.4 Å². The SMILES string of the molecule is O=C1C=C(COC(c2ccccc2)(c2ccccc2)c2ccccc2)N=CC1OCc1ccccc1. The third-order valence-corrected chi connectivity index (χ3v) is 6.21. The number of nitrogens with zero attached hydrogens (tertiary/aromatic N) is 1. The highest BCUT2D eigenvalue weighted by molar-refractivity contribution is 6.07. The van der Waals surface area contributed by atoms with Gasteiger partial charge in [0.2, 0.25) is 0 Å². The van der Waals surface area contributed by atoms with E-state index in [4.69, 9.17) is 9.47 Å². The van der Waals surface area contributed by atoms with E-state index in [0.717, 1.165) is 22.3 Å². The van der Waals surface area contributed by atoms with Crippen LogP contribution in [0.15, 0.2) is 138 Å². The van der Waals surface area contributed by atoms with E-state index in [1.54, 1.807) is 6.21 Å². The third kappa shape index (κ3) is 5.10. The summed E-state index contributed by atoms with van der Waals surface area (Å²) in [7, 11) is 0. The van der Waals surface area contributed by atoms with Gasteiger partial charge in [0.15, 0.2) is 11.9 Å². The van der Waals surface area contributed by atoms with Crippen molar-refractivity contribution in [2.24, 2.45) is 4.99 Å². The van der Waals surface area contributed by atoms with Gasteiger partial charge in [-0.1, -0.05) is 121 Å². The Bertz CT molecular complexity index is 1240. The normalized spacial score (nSPS) is 15.5. The van der Waals surface area contributed by atoms with Crippen molar-refractivity contribution < 1.29 is 14.3 Å². The first-order valence-electron chi connectivity index (χ1n) is 12.0. The zero-order valence-corrected chi connectivity index (χ0v) is 19.9. The first-order chi connectivity index (χ1) is 17.8. The van der Waals surface area contributed by atoms with Crippen molar-refractivity contribution in [3.8, 4) is 0 Å². The Labute approximate surface area is 211 Å². The number of carbonyl (C=O) groups is 1. The molecule has 36 heavy (non-hydrogen) atoms. The Hall–Kier alpha value is -4.12. The van der Waals surface area contributed by atoms with E-state index < -0.39 is 11.7 Å². The van der Waals surface area contributed by atoms with Crippen molar-refractivity contribution in [1.82, 2.24) is 0 Å². The number of ether oxygens (including phenoxy) is 2. The zero-order chi connectivity index (χ0) is 24.6. The monoisotopic (exact) mass is 473 g/mol. The second-order valence-electron chi connectivity index (χ2n) is 8.60. The van der Waals surface area contributed by atoms with Gasteiger partial charge in [0.1, 0.15) is 5.60 Å². The highest BCUT2D eigenvalue weighted by Gasteiger charge is 2.38. The van der Waals surface area contributed by atoms with Crippen LogP contribution in [0.1, 0.15) is 22.3 Å². The number of rotatable bonds is 9. The first-order valence-corrected chi connectivity index (χ1v) is 12.0. The lowest BCUT2D eigenvalue weighted by Gasteiger charge is -2.36. The fourth-order valence-corrected chi connectivity index (χ4v) is 4.44. The predicted molar refractivity (Wildman–Crippen MR) is 142 cm³/mol. The van der Waals surface area contributed by atoms with Crippen LogP contribution in [0.2, 0.25) is 0 Å². The first kappa shape index (κ1) is 23.6. The van der Waals surface area contributed by atoms with Crippen LogP contribution in [0.5, 0.6) is 0 Å². The Morgan fingerprint density at radius 3 is 1.58 bits per heavy atom. The van der Waals surface area contributed by atoms with E-state index in [1.807, 2.05) is 84.9 Å². The van der Waals surface area contributed by atoms with Gasteiger partial charge in [-0.25, -0.2) is 0 Å². The number of carbonyl (C=O) groups excluding carboxylic acids is 1. The van der Waals surface area contributed by atoms with Gasteiger partial charge in [0.05, 0.1) is 18.9 Å². The predicted octanol–water partition coefficient (Wildman–Crippen LogP) is 6.12. The Morgan fingerprint density at radius 1 is 0.639 bits per heavy atom. The average Bonchev–Trinajstić information content (AvgIpc) is 2.95. The largest absolute Gasteiger partial charge is 0.360 e. The molecule has 0 aromatic heterocycles. The van der Waals surface area contributed by atoms with E-state index in [0.29, 0.717) is 12.3 Å². The molecule has 0 N–H and O–H groups in total. The summed E-state index contributed by atoms with van der Waals surface area (Å²) in [5.74, 6) is -0.135. The van der Waals surface area contributed by atoms with Crippen LogP contribution in [0.3, 0.4) is 0 Å². The summed E-state index contributed by atoms with van der Waals surface area (Å²) < 4.78 is 12.6. The summed E-state index contributed by atoms with van der Waals surface area (Å²) in [5, 5.41) is 0. The second-order valence-corrected chi connectivity index (χ2v) is 8.60. The molecule has 0 spiro atoms. The molecule has 1 heterocycles. The van der Waals surface area contributed by atoms with Gasteiger partial charge in [0.25, 0.3) is 0 Å². The summed E-state index contributed by atoms with van der Waals surface area (Å²) in [6.45, 7) is 0.508. The molecule has 0 fully saturated rings. The Kier molecular flexibility index (Phi) is 7.27. The molecule has 0 saturated heterocycles. The fourth-order valence-electron chi connectivity index (χ4n) is 4.44. The Morgan fingerprint density at radius 2 is 1.11 bits per heavy atom. The molecule has 4 aromatic rings. The number of aliphatic imine (C=N–C) groups is 1. The topological polar surface area (TPSA) is 47.9 Å². The molecule has 1 aliphatic heterocycles. The summed E-state index contributed by atoms with van der Waals surface area (Å²) in [6.07, 6.45) is 2.40. The second kappa shape index (κ2) is 11.1. The van der Waals surface area contributed by atoms with Crippen LogP contribution < -0.4 is 0 Å². The maximum atomic E-state index is 12.8. The van der Waals surface area contributed by atoms with Crippen molar-refractivity contribution in [2.75, 3.05) is 6.61 Å². The maximum Gasteiger partial charge on any atom is 0.191 e. The smallest absolute Gasteiger partial charge is 0.191 e. The molecule has 0 saturated carbocycles. The molecule has 0 amide bonds. The van der Waals surface area contributed by atoms with Crippen molar-refractivity contribution in [1.29, 1.82) is 0 Å². The lowest BCUT2D eigenvalue weighted by molar-refractivity contribution is -0.122. The minimum absolute atomic E-state index is 0.135. The van der Waals surface area contributed by atoms with E-state index in [2.05, 4.69) is 41.4 Å². The van der Waals surface area contributed by atoms with Crippen LogP contribution >= 0.6 is 0 Å². The fraction of sp³-hybridized carbons (Fsp3) is 0.125. The molecular formula is C32H27NO3. The average molecular weight is 474 g/mol. The van der Waals surface area contributed by atoms with Crippen LogP contribution in [-0.4, -0.2) is 24.7 Å². The summed E-state index contributed by atoms with van der Waals surface area (Å²) in [4.78, 5) is 17.3. The molecule has 5 rings (SSSR count). The molecule has 1 unspecified atom stereocenters. The molecule has 178 valence electrons. The van der Waals surface area contributed by atoms with E-state index >= 15 is 0 Å². The zero-order valence-electron chi connectivity index (χ0n) is 19.9. The van der Waals surface area contributed by atoms with E-state index in [9.17, 15) is 4.79 Å². The highest BCUT2D eigenvalue weighted by Crippen LogP contribution is 2.40. The number of hydrogen-bond acceptors (Lipinski definition) is 4. The van der Waals surface area contributed by atoms with Crippen LogP contribution in [0.4, 0.5) is 0 Å². The molecule has 1 aliphatic rings. The lowest BCUT2D eigenvalue weighted by Crippen LogP contribution is -2.34. The minimum atomic E-state index is -0.871. The molecule has 1 atom stereocenters. The third-order valence-electron chi connectivity index (χ3n) is 6.21. The summed E-state index contributed by atoms with van der Waals surface area (Å²) in [5.41, 5.74) is 3.69. The van der Waals surface area contributed by atoms with Crippen LogP contribution in [0.25, 0.3) is 0 Å². The standard InChI is InChI=1S/C32H27NO3/c34-30-21-29(33-22-31(30)35-23-25-13-5-1-6-14-25)24-36-32(26-15-7-2-8-16-26,27-17-9-3-10-18-27)28-19-11-4-12-20-28/h1-22,31H,23-24H2. The van der Waals surface area contributed by atoms with Crippen molar-refractivity contribution in [3.05, 3.63) is 155 Å². The number of benzene rings is 4.